The first kappa shape index (κ1) is 11.6. The molecule has 0 spiro atoms. The average Bonchev–Trinajstić information content (AvgIpc) is 2.96. The number of imidazole rings is 1. The molecular weight excluding hydrogens is 248 g/mol. The van der Waals surface area contributed by atoms with Crippen LogP contribution in [0.15, 0.2) is 0 Å². The van der Waals surface area contributed by atoms with E-state index in [2.05, 4.69) is 32.1 Å². The SMILES string of the molecule is Cc1nc2c(n1Cc1nnc(NN)s1)CCCC2. The maximum absolute atomic E-state index is 5.32. The summed E-state index contributed by atoms with van der Waals surface area (Å²) in [6.07, 6.45) is 4.74. The number of anilines is 1. The van der Waals surface area contributed by atoms with Gasteiger partial charge in [0.2, 0.25) is 5.13 Å². The molecule has 0 radical (unpaired) electrons. The van der Waals surface area contributed by atoms with Crippen LogP contribution in [0.25, 0.3) is 0 Å². The van der Waals surface area contributed by atoms with E-state index in [0.717, 1.165) is 30.2 Å². The number of nitrogens with zero attached hydrogens (tertiary/aromatic N) is 4. The molecule has 7 heteroatoms. The lowest BCUT2D eigenvalue weighted by molar-refractivity contribution is 0.622. The van der Waals surface area contributed by atoms with Crippen molar-refractivity contribution in [1.29, 1.82) is 0 Å². The van der Waals surface area contributed by atoms with Gasteiger partial charge in [0, 0.05) is 5.69 Å². The van der Waals surface area contributed by atoms with Crippen molar-refractivity contribution in [3.8, 4) is 0 Å². The van der Waals surface area contributed by atoms with Crippen molar-refractivity contribution in [2.75, 3.05) is 5.43 Å². The number of nitrogens with two attached hydrogens (primary N) is 1. The van der Waals surface area contributed by atoms with Crippen LogP contribution in [0.1, 0.15) is 35.1 Å². The first-order valence-electron chi connectivity index (χ1n) is 6.12. The van der Waals surface area contributed by atoms with E-state index in [1.54, 1.807) is 0 Å². The number of hydrogen-bond donors (Lipinski definition) is 2. The molecule has 2 aromatic rings. The van der Waals surface area contributed by atoms with E-state index in [1.165, 1.54) is 35.6 Å². The van der Waals surface area contributed by atoms with Crippen molar-refractivity contribution in [3.63, 3.8) is 0 Å². The zero-order valence-electron chi connectivity index (χ0n) is 10.3. The van der Waals surface area contributed by atoms with Gasteiger partial charge in [-0.05, 0) is 32.6 Å². The van der Waals surface area contributed by atoms with Crippen LogP contribution in [0, 0.1) is 6.92 Å². The lowest BCUT2D eigenvalue weighted by atomic mass is 10.0. The second kappa shape index (κ2) is 4.66. The Bertz CT molecular complexity index is 558. The lowest BCUT2D eigenvalue weighted by Gasteiger charge is -2.13. The minimum atomic E-state index is 0.650. The van der Waals surface area contributed by atoms with Crippen molar-refractivity contribution >= 4 is 16.5 Å². The number of rotatable bonds is 3. The van der Waals surface area contributed by atoms with Gasteiger partial charge in [0.25, 0.3) is 0 Å². The van der Waals surface area contributed by atoms with Crippen LogP contribution in [-0.2, 0) is 19.4 Å². The fourth-order valence-corrected chi connectivity index (χ4v) is 3.10. The maximum atomic E-state index is 5.32. The van der Waals surface area contributed by atoms with E-state index in [1.807, 2.05) is 0 Å². The summed E-state index contributed by atoms with van der Waals surface area (Å²) in [6, 6.07) is 0. The van der Waals surface area contributed by atoms with E-state index < -0.39 is 0 Å². The molecule has 3 N–H and O–H groups in total. The number of aryl methyl sites for hydroxylation is 2. The highest BCUT2D eigenvalue weighted by Crippen LogP contribution is 2.24. The van der Waals surface area contributed by atoms with E-state index in [-0.39, 0.29) is 0 Å². The van der Waals surface area contributed by atoms with E-state index >= 15 is 0 Å². The average molecular weight is 264 g/mol. The van der Waals surface area contributed by atoms with E-state index in [0.29, 0.717) is 5.13 Å². The Morgan fingerprint density at radius 2 is 2.17 bits per heavy atom. The molecule has 0 amide bonds. The molecule has 0 aromatic carbocycles. The topological polar surface area (TPSA) is 81.7 Å². The summed E-state index contributed by atoms with van der Waals surface area (Å²) in [5.41, 5.74) is 5.16. The molecule has 0 atom stereocenters. The molecule has 96 valence electrons. The van der Waals surface area contributed by atoms with Gasteiger partial charge in [0.1, 0.15) is 10.8 Å². The number of hydrogen-bond acceptors (Lipinski definition) is 6. The highest BCUT2D eigenvalue weighted by atomic mass is 32.1. The molecule has 2 heterocycles. The summed E-state index contributed by atoms with van der Waals surface area (Å²) in [6.45, 7) is 2.80. The van der Waals surface area contributed by atoms with Gasteiger partial charge in [-0.1, -0.05) is 11.3 Å². The summed E-state index contributed by atoms with van der Waals surface area (Å²) in [5.74, 6) is 6.38. The molecule has 1 aliphatic rings. The molecule has 0 aliphatic heterocycles. The standard InChI is InChI=1S/C11H16N6S/c1-7-13-8-4-2-3-5-9(8)17(7)6-10-15-16-11(14-12)18-10/h2-6,12H2,1H3,(H,14,16). The normalized spacial score (nSPS) is 14.6. The number of hydrazine groups is 1. The first-order chi connectivity index (χ1) is 8.78. The summed E-state index contributed by atoms with van der Waals surface area (Å²) in [4.78, 5) is 4.65. The molecule has 6 nitrogen and oxygen atoms in total. The smallest absolute Gasteiger partial charge is 0.219 e. The van der Waals surface area contributed by atoms with Crippen LogP contribution in [0.3, 0.4) is 0 Å². The summed E-state index contributed by atoms with van der Waals surface area (Å²) in [5, 5.41) is 9.69. The third kappa shape index (κ3) is 1.99. The molecule has 0 saturated carbocycles. The zero-order chi connectivity index (χ0) is 12.5. The number of nitrogens with one attached hydrogen (secondary N) is 1. The Morgan fingerprint density at radius 3 is 2.94 bits per heavy atom. The predicted octanol–water partition coefficient (Wildman–Crippen LogP) is 1.26. The van der Waals surface area contributed by atoms with Gasteiger partial charge in [0.15, 0.2) is 0 Å². The fraction of sp³-hybridized carbons (Fsp3) is 0.545. The van der Waals surface area contributed by atoms with Gasteiger partial charge in [-0.15, -0.1) is 10.2 Å². The Hall–Kier alpha value is -1.47. The van der Waals surface area contributed by atoms with Crippen LogP contribution in [-0.4, -0.2) is 19.7 Å². The third-order valence-corrected chi connectivity index (χ3v) is 4.15. The van der Waals surface area contributed by atoms with Crippen LogP contribution in [0.4, 0.5) is 5.13 Å². The van der Waals surface area contributed by atoms with Gasteiger partial charge in [-0.25, -0.2) is 10.8 Å². The van der Waals surface area contributed by atoms with Crippen LogP contribution in [0.2, 0.25) is 0 Å². The first-order valence-corrected chi connectivity index (χ1v) is 6.93. The maximum Gasteiger partial charge on any atom is 0.219 e. The number of nitrogen functional groups attached to an aromatic ring is 1. The highest BCUT2D eigenvalue weighted by Gasteiger charge is 2.18. The molecule has 1 aliphatic carbocycles. The largest absolute Gasteiger partial charge is 0.325 e. The Balaban J connectivity index is 1.90. The molecule has 18 heavy (non-hydrogen) atoms. The van der Waals surface area contributed by atoms with Gasteiger partial charge >= 0.3 is 0 Å². The third-order valence-electron chi connectivity index (χ3n) is 3.31. The van der Waals surface area contributed by atoms with E-state index in [9.17, 15) is 0 Å². The quantitative estimate of drug-likeness (QED) is 0.644. The molecule has 0 fully saturated rings. The molecule has 3 rings (SSSR count). The number of aromatic nitrogens is 4. The Labute approximate surface area is 109 Å². The zero-order valence-corrected chi connectivity index (χ0v) is 11.1. The van der Waals surface area contributed by atoms with Gasteiger partial charge in [-0.2, -0.15) is 0 Å². The second-order valence-corrected chi connectivity index (χ2v) is 5.55. The van der Waals surface area contributed by atoms with Crippen LogP contribution in [0.5, 0.6) is 0 Å². The van der Waals surface area contributed by atoms with Crippen molar-refractivity contribution < 1.29 is 0 Å². The van der Waals surface area contributed by atoms with Crippen molar-refractivity contribution in [2.24, 2.45) is 5.84 Å². The summed E-state index contributed by atoms with van der Waals surface area (Å²) < 4.78 is 2.26. The minimum Gasteiger partial charge on any atom is -0.325 e. The van der Waals surface area contributed by atoms with Crippen LogP contribution < -0.4 is 11.3 Å². The molecule has 0 saturated heterocycles. The van der Waals surface area contributed by atoms with Gasteiger partial charge in [-0.3, -0.25) is 5.43 Å². The minimum absolute atomic E-state index is 0.650. The monoisotopic (exact) mass is 264 g/mol. The number of fused-ring (bicyclic) bond motifs is 1. The lowest BCUT2D eigenvalue weighted by Crippen LogP contribution is -2.10. The van der Waals surface area contributed by atoms with Crippen molar-refractivity contribution in [1.82, 2.24) is 19.7 Å². The molecular formula is C11H16N6S. The molecule has 0 bridgehead atoms. The summed E-state index contributed by atoms with van der Waals surface area (Å²) >= 11 is 1.48. The van der Waals surface area contributed by atoms with Gasteiger partial charge < -0.3 is 4.57 Å². The highest BCUT2D eigenvalue weighted by molar-refractivity contribution is 7.15. The van der Waals surface area contributed by atoms with Crippen molar-refractivity contribution in [3.05, 3.63) is 22.2 Å². The van der Waals surface area contributed by atoms with E-state index in [4.69, 9.17) is 5.84 Å². The van der Waals surface area contributed by atoms with Crippen molar-refractivity contribution in [2.45, 2.75) is 39.2 Å². The summed E-state index contributed by atoms with van der Waals surface area (Å²) in [7, 11) is 0. The van der Waals surface area contributed by atoms with Gasteiger partial charge in [0.05, 0.1) is 12.2 Å². The Morgan fingerprint density at radius 1 is 1.33 bits per heavy atom. The molecule has 2 aromatic heterocycles. The second-order valence-electron chi connectivity index (χ2n) is 4.49. The Kier molecular flexibility index (Phi) is 3.00. The van der Waals surface area contributed by atoms with Crippen LogP contribution >= 0.6 is 11.3 Å². The molecule has 0 unspecified atom stereocenters. The fourth-order valence-electron chi connectivity index (χ4n) is 2.46. The predicted molar refractivity (Wildman–Crippen MR) is 70.4 cm³/mol.